The Hall–Kier alpha value is -1.57. The molecule has 0 unspecified atom stereocenters. The van der Waals surface area contributed by atoms with Gasteiger partial charge in [0.2, 0.25) is 5.91 Å². The number of nitrogens with zero attached hydrogens (tertiary/aromatic N) is 2. The molecule has 0 N–H and O–H groups in total. The van der Waals surface area contributed by atoms with Gasteiger partial charge in [-0.1, -0.05) is 27.5 Å². The Morgan fingerprint density at radius 1 is 1.04 bits per heavy atom. The summed E-state index contributed by atoms with van der Waals surface area (Å²) in [7, 11) is 0. The Labute approximate surface area is 174 Å². The summed E-state index contributed by atoms with van der Waals surface area (Å²) in [5.41, 5.74) is 0.281. The van der Waals surface area contributed by atoms with Crippen molar-refractivity contribution in [3.05, 3.63) is 63.3 Å². The van der Waals surface area contributed by atoms with Gasteiger partial charge < -0.3 is 9.80 Å². The molecule has 1 aliphatic heterocycles. The van der Waals surface area contributed by atoms with Gasteiger partial charge in [-0.15, -0.1) is 11.8 Å². The van der Waals surface area contributed by atoms with Gasteiger partial charge in [0.25, 0.3) is 5.91 Å². The molecule has 1 saturated heterocycles. The Balaban J connectivity index is 1.51. The normalized spacial score (nSPS) is 14.3. The third-order valence-corrected chi connectivity index (χ3v) is 6.10. The molecule has 0 bridgehead atoms. The molecule has 2 aromatic rings. The molecule has 0 saturated carbocycles. The van der Waals surface area contributed by atoms with Crippen molar-refractivity contribution >= 4 is 51.1 Å². The quantitative estimate of drug-likeness (QED) is 0.624. The van der Waals surface area contributed by atoms with Crippen LogP contribution in [0.3, 0.4) is 0 Å². The third kappa shape index (κ3) is 5.24. The monoisotopic (exact) mass is 470 g/mol. The smallest absolute Gasteiger partial charge is 0.255 e. The predicted octanol–water partition coefficient (Wildman–Crippen LogP) is 4.32. The van der Waals surface area contributed by atoms with Crippen LogP contribution in [-0.4, -0.2) is 53.5 Å². The lowest BCUT2D eigenvalue weighted by molar-refractivity contribution is -0.129. The van der Waals surface area contributed by atoms with Gasteiger partial charge in [0.15, 0.2) is 0 Å². The molecule has 0 radical (unpaired) electrons. The fourth-order valence-electron chi connectivity index (χ4n) is 2.76. The summed E-state index contributed by atoms with van der Waals surface area (Å²) in [5, 5.41) is 0.101. The zero-order valence-electron chi connectivity index (χ0n) is 14.3. The molecule has 0 spiro atoms. The van der Waals surface area contributed by atoms with Crippen LogP contribution in [0, 0.1) is 5.82 Å². The van der Waals surface area contributed by atoms with E-state index in [1.807, 2.05) is 24.3 Å². The first-order chi connectivity index (χ1) is 12.9. The fraction of sp³-hybridized carbons (Fsp3) is 0.263. The molecule has 1 aliphatic rings. The van der Waals surface area contributed by atoms with E-state index in [1.54, 1.807) is 9.80 Å². The number of amides is 2. The van der Waals surface area contributed by atoms with Crippen LogP contribution in [0.5, 0.6) is 0 Å². The van der Waals surface area contributed by atoms with Gasteiger partial charge >= 0.3 is 0 Å². The highest BCUT2D eigenvalue weighted by Crippen LogP contribution is 2.22. The molecule has 0 aliphatic carbocycles. The molecule has 0 atom stereocenters. The maximum absolute atomic E-state index is 13.2. The predicted molar refractivity (Wildman–Crippen MR) is 109 cm³/mol. The maximum atomic E-state index is 13.2. The van der Waals surface area contributed by atoms with Gasteiger partial charge in [0, 0.05) is 35.5 Å². The van der Waals surface area contributed by atoms with Crippen LogP contribution in [0.2, 0.25) is 5.02 Å². The van der Waals surface area contributed by atoms with Crippen LogP contribution in [0.15, 0.2) is 51.8 Å². The highest BCUT2D eigenvalue weighted by Gasteiger charge is 2.26. The second-order valence-electron chi connectivity index (χ2n) is 6.04. The summed E-state index contributed by atoms with van der Waals surface area (Å²) in [6, 6.07) is 11.6. The standard InChI is InChI=1S/C19H17BrClFN2O2S/c20-13-1-4-15(5-2-13)27-12-18(25)23-7-9-24(10-8-23)19(26)16-6-3-14(22)11-17(16)21/h1-6,11H,7-10,12H2. The van der Waals surface area contributed by atoms with Crippen molar-refractivity contribution in [3.8, 4) is 0 Å². The lowest BCUT2D eigenvalue weighted by atomic mass is 10.1. The fourth-order valence-corrected chi connectivity index (χ4v) is 4.07. The number of hydrogen-bond acceptors (Lipinski definition) is 3. The number of piperazine rings is 1. The molecule has 8 heteroatoms. The summed E-state index contributed by atoms with van der Waals surface area (Å²) in [6.45, 7) is 1.82. The Morgan fingerprint density at radius 3 is 2.30 bits per heavy atom. The van der Waals surface area contributed by atoms with Crippen molar-refractivity contribution < 1.29 is 14.0 Å². The van der Waals surface area contributed by atoms with Gasteiger partial charge in [-0.3, -0.25) is 9.59 Å². The highest BCUT2D eigenvalue weighted by atomic mass is 79.9. The molecule has 27 heavy (non-hydrogen) atoms. The maximum Gasteiger partial charge on any atom is 0.255 e. The molecular weight excluding hydrogens is 455 g/mol. The van der Waals surface area contributed by atoms with Gasteiger partial charge in [0.1, 0.15) is 5.82 Å². The van der Waals surface area contributed by atoms with Gasteiger partial charge in [-0.25, -0.2) is 4.39 Å². The number of rotatable bonds is 4. The second kappa shape index (κ2) is 9.08. The van der Waals surface area contributed by atoms with E-state index < -0.39 is 5.82 Å². The summed E-state index contributed by atoms with van der Waals surface area (Å²) in [6.07, 6.45) is 0. The minimum Gasteiger partial charge on any atom is -0.338 e. The van der Waals surface area contributed by atoms with E-state index in [9.17, 15) is 14.0 Å². The van der Waals surface area contributed by atoms with Crippen molar-refractivity contribution in [1.29, 1.82) is 0 Å². The van der Waals surface area contributed by atoms with Gasteiger partial charge in [-0.05, 0) is 42.5 Å². The molecule has 2 amide bonds. The Bertz CT molecular complexity index is 842. The van der Waals surface area contributed by atoms with Crippen LogP contribution in [0.4, 0.5) is 4.39 Å². The van der Waals surface area contributed by atoms with Crippen LogP contribution < -0.4 is 0 Å². The SMILES string of the molecule is O=C(CSc1ccc(Br)cc1)N1CCN(C(=O)c2ccc(F)cc2Cl)CC1. The lowest BCUT2D eigenvalue weighted by Crippen LogP contribution is -2.51. The van der Waals surface area contributed by atoms with Crippen LogP contribution in [-0.2, 0) is 4.79 Å². The summed E-state index contributed by atoms with van der Waals surface area (Å²) in [5.74, 6) is -0.305. The summed E-state index contributed by atoms with van der Waals surface area (Å²) >= 11 is 10.9. The van der Waals surface area contributed by atoms with E-state index in [1.165, 1.54) is 23.9 Å². The van der Waals surface area contributed by atoms with Gasteiger partial charge in [-0.2, -0.15) is 0 Å². The number of carbonyl (C=O) groups is 2. The van der Waals surface area contributed by atoms with E-state index in [4.69, 9.17) is 11.6 Å². The van der Waals surface area contributed by atoms with Crippen molar-refractivity contribution in [1.82, 2.24) is 9.80 Å². The number of thioether (sulfide) groups is 1. The Kier molecular flexibility index (Phi) is 6.78. The van der Waals surface area contributed by atoms with E-state index >= 15 is 0 Å². The number of benzene rings is 2. The van der Waals surface area contributed by atoms with Crippen LogP contribution in [0.25, 0.3) is 0 Å². The third-order valence-electron chi connectivity index (χ3n) is 4.26. The van der Waals surface area contributed by atoms with Crippen LogP contribution in [0.1, 0.15) is 10.4 Å². The first-order valence-corrected chi connectivity index (χ1v) is 10.5. The first kappa shape index (κ1) is 20.2. The summed E-state index contributed by atoms with van der Waals surface area (Å²) in [4.78, 5) is 29.4. The van der Waals surface area contributed by atoms with Crippen LogP contribution >= 0.6 is 39.3 Å². The first-order valence-electron chi connectivity index (χ1n) is 8.34. The van der Waals surface area contributed by atoms with E-state index in [0.29, 0.717) is 31.9 Å². The molecule has 1 fully saturated rings. The van der Waals surface area contributed by atoms with Crippen molar-refractivity contribution in [3.63, 3.8) is 0 Å². The zero-order valence-corrected chi connectivity index (χ0v) is 17.5. The zero-order chi connectivity index (χ0) is 19.4. The average Bonchev–Trinajstić information content (AvgIpc) is 2.67. The second-order valence-corrected chi connectivity index (χ2v) is 8.41. The molecule has 0 aromatic heterocycles. The number of hydrogen-bond donors (Lipinski definition) is 0. The molecular formula is C19H17BrClFN2O2S. The molecule has 2 aromatic carbocycles. The number of carbonyl (C=O) groups excluding carboxylic acids is 2. The average molecular weight is 472 g/mol. The largest absolute Gasteiger partial charge is 0.338 e. The minimum atomic E-state index is -0.477. The molecule has 4 nitrogen and oxygen atoms in total. The molecule has 1 heterocycles. The van der Waals surface area contributed by atoms with Crippen molar-refractivity contribution in [2.24, 2.45) is 0 Å². The Morgan fingerprint density at radius 2 is 1.67 bits per heavy atom. The van der Waals surface area contributed by atoms with E-state index in [0.717, 1.165) is 15.4 Å². The highest BCUT2D eigenvalue weighted by molar-refractivity contribution is 9.10. The topological polar surface area (TPSA) is 40.6 Å². The minimum absolute atomic E-state index is 0.0508. The van der Waals surface area contributed by atoms with Crippen molar-refractivity contribution in [2.75, 3.05) is 31.9 Å². The van der Waals surface area contributed by atoms with Crippen molar-refractivity contribution in [2.45, 2.75) is 4.90 Å². The van der Waals surface area contributed by atoms with E-state index in [2.05, 4.69) is 15.9 Å². The lowest BCUT2D eigenvalue weighted by Gasteiger charge is -2.35. The van der Waals surface area contributed by atoms with E-state index in [-0.39, 0.29) is 22.4 Å². The molecule has 142 valence electrons. The summed E-state index contributed by atoms with van der Waals surface area (Å²) < 4.78 is 14.2. The molecule has 3 rings (SSSR count). The number of halogens is 3. The van der Waals surface area contributed by atoms with Gasteiger partial charge in [0.05, 0.1) is 16.3 Å².